The molecule has 0 radical (unpaired) electrons. The normalized spacial score (nSPS) is 31.6. The second kappa shape index (κ2) is 4.37. The molecule has 2 rings (SSSR count). The second-order valence-corrected chi connectivity index (χ2v) is 4.64. The van der Waals surface area contributed by atoms with Crippen LogP contribution in [0.1, 0.15) is 24.9 Å². The van der Waals surface area contributed by atoms with E-state index in [1.807, 2.05) is 6.07 Å². The molecule has 3 nitrogen and oxygen atoms in total. The maximum Gasteiger partial charge on any atom is 0.129 e. The van der Waals surface area contributed by atoms with Gasteiger partial charge in [0.05, 0.1) is 6.07 Å². The molecule has 94 valence electrons. The Kier molecular flexibility index (Phi) is 3.04. The first kappa shape index (κ1) is 12.5. The van der Waals surface area contributed by atoms with Crippen LogP contribution in [-0.2, 0) is 0 Å². The van der Waals surface area contributed by atoms with Crippen LogP contribution in [0.2, 0.25) is 0 Å². The number of aliphatic imine (C=N–C) groups is 1. The Bertz CT molecular complexity index is 535. The summed E-state index contributed by atoms with van der Waals surface area (Å²) in [5, 5.41) is 9.00. The Balaban J connectivity index is 2.44. The van der Waals surface area contributed by atoms with E-state index in [0.29, 0.717) is 0 Å². The van der Waals surface area contributed by atoms with Gasteiger partial charge in [0.25, 0.3) is 0 Å². The molecule has 0 aromatic heterocycles. The standard InChI is InChI=1S/C13H13F2N3/c1-13(7-16)6-10(15)11(18-12(13)17)8-4-2-3-5-9(8)14/h2-5,10-11H,6H2,1H3,(H2,17,18). The molecule has 1 aromatic rings. The number of benzene rings is 1. The zero-order chi connectivity index (χ0) is 13.3. The molecule has 0 saturated heterocycles. The molecule has 0 bridgehead atoms. The van der Waals surface area contributed by atoms with E-state index >= 15 is 0 Å². The topological polar surface area (TPSA) is 62.2 Å². The molecule has 1 aliphatic heterocycles. The summed E-state index contributed by atoms with van der Waals surface area (Å²) in [6.07, 6.45) is -1.49. The van der Waals surface area contributed by atoms with E-state index in [1.165, 1.54) is 25.1 Å². The average molecular weight is 249 g/mol. The number of amidine groups is 1. The highest BCUT2D eigenvalue weighted by Crippen LogP contribution is 2.38. The largest absolute Gasteiger partial charge is 0.386 e. The molecule has 5 heteroatoms. The fraction of sp³-hybridized carbons (Fsp3) is 0.385. The smallest absolute Gasteiger partial charge is 0.129 e. The van der Waals surface area contributed by atoms with E-state index in [9.17, 15) is 8.78 Å². The van der Waals surface area contributed by atoms with Gasteiger partial charge in [0.1, 0.15) is 29.3 Å². The predicted octanol–water partition coefficient (Wildman–Crippen LogP) is 2.50. The summed E-state index contributed by atoms with van der Waals surface area (Å²) in [5.74, 6) is -0.450. The summed E-state index contributed by atoms with van der Waals surface area (Å²) < 4.78 is 27.7. The van der Waals surface area contributed by atoms with Crippen molar-refractivity contribution in [2.24, 2.45) is 16.1 Å². The number of nitriles is 1. The molecule has 0 amide bonds. The number of alkyl halides is 1. The first-order valence-electron chi connectivity index (χ1n) is 5.61. The minimum atomic E-state index is -1.42. The highest BCUT2D eigenvalue weighted by atomic mass is 19.1. The Hall–Kier alpha value is -1.96. The summed E-state index contributed by atoms with van der Waals surface area (Å²) in [7, 11) is 0. The quantitative estimate of drug-likeness (QED) is 0.831. The van der Waals surface area contributed by atoms with Crippen LogP contribution in [0, 0.1) is 22.6 Å². The minimum Gasteiger partial charge on any atom is -0.386 e. The van der Waals surface area contributed by atoms with Crippen molar-refractivity contribution in [3.05, 3.63) is 35.6 Å². The fourth-order valence-electron chi connectivity index (χ4n) is 2.06. The van der Waals surface area contributed by atoms with Crippen molar-refractivity contribution in [1.82, 2.24) is 0 Å². The van der Waals surface area contributed by atoms with Gasteiger partial charge in [0.2, 0.25) is 0 Å². The number of nitrogens with two attached hydrogens (primary N) is 1. The molecule has 1 aliphatic rings. The molecular formula is C13H13F2N3. The fourth-order valence-corrected chi connectivity index (χ4v) is 2.06. The molecule has 2 N–H and O–H groups in total. The van der Waals surface area contributed by atoms with Gasteiger partial charge in [-0.2, -0.15) is 5.26 Å². The van der Waals surface area contributed by atoms with Crippen molar-refractivity contribution in [3.63, 3.8) is 0 Å². The van der Waals surface area contributed by atoms with Crippen molar-refractivity contribution in [3.8, 4) is 6.07 Å². The highest BCUT2D eigenvalue weighted by molar-refractivity contribution is 5.89. The van der Waals surface area contributed by atoms with Gasteiger partial charge in [-0.1, -0.05) is 18.2 Å². The van der Waals surface area contributed by atoms with Gasteiger partial charge in [-0.15, -0.1) is 0 Å². The maximum atomic E-state index is 14.1. The van der Waals surface area contributed by atoms with Gasteiger partial charge < -0.3 is 5.73 Å². The van der Waals surface area contributed by atoms with Gasteiger partial charge >= 0.3 is 0 Å². The maximum absolute atomic E-state index is 14.1. The van der Waals surface area contributed by atoms with Crippen LogP contribution in [-0.4, -0.2) is 12.0 Å². The number of hydrogen-bond donors (Lipinski definition) is 1. The van der Waals surface area contributed by atoms with E-state index in [4.69, 9.17) is 11.0 Å². The predicted molar refractivity (Wildman–Crippen MR) is 64.0 cm³/mol. The first-order chi connectivity index (χ1) is 8.48. The van der Waals surface area contributed by atoms with Crippen LogP contribution < -0.4 is 5.73 Å². The molecule has 0 aliphatic carbocycles. The third-order valence-corrected chi connectivity index (χ3v) is 3.26. The van der Waals surface area contributed by atoms with Crippen LogP contribution in [0.5, 0.6) is 0 Å². The van der Waals surface area contributed by atoms with Crippen molar-refractivity contribution in [2.75, 3.05) is 0 Å². The molecular weight excluding hydrogens is 236 g/mol. The van der Waals surface area contributed by atoms with E-state index < -0.39 is 23.4 Å². The minimum absolute atomic E-state index is 0.0622. The molecule has 1 heterocycles. The van der Waals surface area contributed by atoms with E-state index in [0.717, 1.165) is 0 Å². The van der Waals surface area contributed by atoms with Gasteiger partial charge in [-0.25, -0.2) is 8.78 Å². The van der Waals surface area contributed by atoms with Crippen molar-refractivity contribution >= 4 is 5.84 Å². The zero-order valence-corrected chi connectivity index (χ0v) is 9.90. The second-order valence-electron chi connectivity index (χ2n) is 4.64. The zero-order valence-electron chi connectivity index (χ0n) is 9.90. The average Bonchev–Trinajstić information content (AvgIpc) is 2.35. The van der Waals surface area contributed by atoms with Gasteiger partial charge in [0.15, 0.2) is 0 Å². The molecule has 0 saturated carbocycles. The summed E-state index contributed by atoms with van der Waals surface area (Å²) in [6.45, 7) is 1.54. The molecule has 3 atom stereocenters. The van der Waals surface area contributed by atoms with Crippen LogP contribution in [0.15, 0.2) is 29.3 Å². The Morgan fingerprint density at radius 3 is 2.78 bits per heavy atom. The molecule has 0 spiro atoms. The number of rotatable bonds is 1. The van der Waals surface area contributed by atoms with Crippen LogP contribution in [0.3, 0.4) is 0 Å². The number of nitrogens with zero attached hydrogens (tertiary/aromatic N) is 2. The highest BCUT2D eigenvalue weighted by Gasteiger charge is 2.41. The first-order valence-corrected chi connectivity index (χ1v) is 5.61. The summed E-state index contributed by atoms with van der Waals surface area (Å²) >= 11 is 0. The third kappa shape index (κ3) is 1.94. The number of hydrogen-bond acceptors (Lipinski definition) is 3. The number of halogens is 2. The van der Waals surface area contributed by atoms with E-state index in [2.05, 4.69) is 4.99 Å². The van der Waals surface area contributed by atoms with Crippen LogP contribution in [0.4, 0.5) is 8.78 Å². The van der Waals surface area contributed by atoms with Crippen molar-refractivity contribution < 1.29 is 8.78 Å². The van der Waals surface area contributed by atoms with Crippen LogP contribution >= 0.6 is 0 Å². The Morgan fingerprint density at radius 1 is 1.50 bits per heavy atom. The molecule has 3 unspecified atom stereocenters. The van der Waals surface area contributed by atoms with Crippen molar-refractivity contribution in [2.45, 2.75) is 25.6 Å². The van der Waals surface area contributed by atoms with Crippen LogP contribution in [0.25, 0.3) is 0 Å². The van der Waals surface area contributed by atoms with Crippen molar-refractivity contribution in [1.29, 1.82) is 5.26 Å². The lowest BCUT2D eigenvalue weighted by atomic mass is 9.79. The van der Waals surface area contributed by atoms with Gasteiger partial charge in [0, 0.05) is 12.0 Å². The summed E-state index contributed by atoms with van der Waals surface area (Å²) in [4.78, 5) is 3.98. The SMILES string of the molecule is CC1(C#N)CC(F)C(c2ccccc2F)N=C1N. The Morgan fingerprint density at radius 2 is 2.17 bits per heavy atom. The monoisotopic (exact) mass is 249 g/mol. The lowest BCUT2D eigenvalue weighted by molar-refractivity contribution is 0.217. The van der Waals surface area contributed by atoms with Gasteiger partial charge in [-0.3, -0.25) is 4.99 Å². The van der Waals surface area contributed by atoms with Gasteiger partial charge in [-0.05, 0) is 13.0 Å². The molecule has 18 heavy (non-hydrogen) atoms. The lowest BCUT2D eigenvalue weighted by Crippen LogP contribution is -2.41. The lowest BCUT2D eigenvalue weighted by Gasteiger charge is -2.32. The summed E-state index contributed by atoms with van der Waals surface area (Å²) in [6, 6.07) is 6.88. The molecule has 1 aromatic carbocycles. The third-order valence-electron chi connectivity index (χ3n) is 3.26. The molecule has 0 fully saturated rings. The van der Waals surface area contributed by atoms with E-state index in [1.54, 1.807) is 6.07 Å². The Labute approximate surface area is 104 Å². The summed E-state index contributed by atoms with van der Waals surface area (Å²) in [5.41, 5.74) is 4.77. The van der Waals surface area contributed by atoms with E-state index in [-0.39, 0.29) is 17.8 Å².